The number of hydrogen-bond acceptors (Lipinski definition) is 11. The van der Waals surface area contributed by atoms with Crippen LogP contribution < -0.4 is 0 Å². The molecule has 0 bridgehead atoms. The summed E-state index contributed by atoms with van der Waals surface area (Å²) < 4.78 is 92.6. The predicted octanol–water partition coefficient (Wildman–Crippen LogP) is 1.03. The SMILES string of the molecule is C[Si](C)(CCC[N+](CCCCS(=O)(=O)[O-])(CCCCS(=O)(=O)O)CCOCCOCCOCCOCCC(=O)O)O[Si]. The van der Waals surface area contributed by atoms with Crippen molar-refractivity contribution in [3.63, 3.8) is 0 Å². The van der Waals surface area contributed by atoms with Gasteiger partial charge in [0.05, 0.1) is 94.8 Å². The molecule has 0 rings (SSSR count). The number of carbonyl (C=O) groups is 1. The maximum Gasteiger partial charge on any atom is 0.305 e. The third-order valence-electron chi connectivity index (χ3n) is 6.54. The maximum absolute atomic E-state index is 11.2. The number of carboxylic acid groups (broad SMARTS) is 1. The molecular weight excluding hydrogens is 631 g/mol. The van der Waals surface area contributed by atoms with Crippen molar-refractivity contribution in [1.82, 2.24) is 0 Å². The van der Waals surface area contributed by atoms with E-state index in [9.17, 15) is 26.2 Å². The molecule has 18 heteroatoms. The van der Waals surface area contributed by atoms with Crippen LogP contribution >= 0.6 is 0 Å². The van der Waals surface area contributed by atoms with Crippen molar-refractivity contribution in [3.05, 3.63) is 0 Å². The highest BCUT2D eigenvalue weighted by Gasteiger charge is 2.29. The lowest BCUT2D eigenvalue weighted by atomic mass is 10.2. The van der Waals surface area contributed by atoms with Crippen molar-refractivity contribution >= 4 is 45.0 Å². The fourth-order valence-electron chi connectivity index (χ4n) is 4.20. The zero-order valence-corrected chi connectivity index (χ0v) is 28.6. The van der Waals surface area contributed by atoms with Crippen LogP contribution in [0.3, 0.4) is 0 Å². The lowest BCUT2D eigenvalue weighted by Crippen LogP contribution is -2.52. The van der Waals surface area contributed by atoms with Gasteiger partial charge in [0.25, 0.3) is 10.1 Å². The molecule has 42 heavy (non-hydrogen) atoms. The Morgan fingerprint density at radius 3 is 1.64 bits per heavy atom. The highest BCUT2D eigenvalue weighted by atomic mass is 32.2. The number of quaternary nitrogens is 1. The van der Waals surface area contributed by atoms with Crippen LogP contribution in [0.25, 0.3) is 0 Å². The van der Waals surface area contributed by atoms with Crippen LogP contribution in [0.15, 0.2) is 0 Å². The van der Waals surface area contributed by atoms with E-state index in [2.05, 4.69) is 23.6 Å². The molecule has 0 amide bonds. The Bertz CT molecular complexity index is 881. The molecular formula is C24H50NO13S2Si2. The first-order valence-corrected chi connectivity index (χ1v) is 20.9. The molecule has 0 saturated heterocycles. The lowest BCUT2D eigenvalue weighted by Gasteiger charge is -2.40. The first-order valence-electron chi connectivity index (χ1n) is 14.2. The van der Waals surface area contributed by atoms with E-state index in [-0.39, 0.29) is 25.2 Å². The van der Waals surface area contributed by atoms with E-state index in [0.29, 0.717) is 89.6 Å². The van der Waals surface area contributed by atoms with E-state index >= 15 is 0 Å². The van der Waals surface area contributed by atoms with Crippen LogP contribution in [0.5, 0.6) is 0 Å². The Morgan fingerprint density at radius 2 is 1.19 bits per heavy atom. The number of carboxylic acids is 1. The monoisotopic (exact) mass is 680 g/mol. The maximum atomic E-state index is 11.2. The van der Waals surface area contributed by atoms with Gasteiger partial charge in [0, 0.05) is 5.75 Å². The van der Waals surface area contributed by atoms with Crippen molar-refractivity contribution in [2.75, 3.05) is 90.5 Å². The van der Waals surface area contributed by atoms with Gasteiger partial charge in [-0.25, -0.2) is 8.42 Å². The van der Waals surface area contributed by atoms with Gasteiger partial charge >= 0.3 is 5.97 Å². The normalized spacial score (nSPS) is 14.2. The van der Waals surface area contributed by atoms with Crippen LogP contribution in [0.1, 0.15) is 38.5 Å². The molecule has 0 aromatic carbocycles. The Balaban J connectivity index is 4.78. The molecule has 1 unspecified atom stereocenters. The number of unbranched alkanes of at least 4 members (excludes halogenated alkanes) is 2. The summed E-state index contributed by atoms with van der Waals surface area (Å²) >= 11 is 0. The van der Waals surface area contributed by atoms with Gasteiger partial charge in [0.2, 0.25) is 10.5 Å². The summed E-state index contributed by atoms with van der Waals surface area (Å²) in [6.45, 7) is 9.39. The van der Waals surface area contributed by atoms with E-state index in [1.54, 1.807) is 0 Å². The molecule has 0 aliphatic rings. The van der Waals surface area contributed by atoms with Gasteiger partial charge in [-0.1, -0.05) is 0 Å². The van der Waals surface area contributed by atoms with Gasteiger partial charge in [0.15, 0.2) is 8.32 Å². The summed E-state index contributed by atoms with van der Waals surface area (Å²) in [5, 5.41) is 8.54. The second-order valence-electron chi connectivity index (χ2n) is 10.8. The van der Waals surface area contributed by atoms with Gasteiger partial charge < -0.3 is 37.2 Å². The van der Waals surface area contributed by atoms with Gasteiger partial charge in [-0.3, -0.25) is 9.35 Å². The second kappa shape index (κ2) is 22.9. The number of aliphatic carboxylic acids is 1. The Kier molecular flexibility index (Phi) is 22.6. The Morgan fingerprint density at radius 1 is 0.738 bits per heavy atom. The topological polar surface area (TPSA) is 195 Å². The molecule has 249 valence electrons. The Labute approximate surface area is 256 Å². The van der Waals surface area contributed by atoms with Gasteiger partial charge in [0.1, 0.15) is 6.54 Å². The summed E-state index contributed by atoms with van der Waals surface area (Å²) in [7, 11) is -7.09. The zero-order valence-electron chi connectivity index (χ0n) is 25.0. The van der Waals surface area contributed by atoms with E-state index < -0.39 is 40.3 Å². The fourth-order valence-corrected chi connectivity index (χ4v) is 6.74. The number of nitrogens with zero attached hydrogens (tertiary/aromatic N) is 1. The smallest absolute Gasteiger partial charge is 0.305 e. The van der Waals surface area contributed by atoms with Crippen molar-refractivity contribution in [2.45, 2.75) is 57.7 Å². The first-order chi connectivity index (χ1) is 19.6. The van der Waals surface area contributed by atoms with Gasteiger partial charge in [-0.2, -0.15) is 8.42 Å². The summed E-state index contributed by atoms with van der Waals surface area (Å²) in [6.07, 6.45) is 2.39. The van der Waals surface area contributed by atoms with Crippen molar-refractivity contribution < 1.29 is 63.4 Å². The minimum Gasteiger partial charge on any atom is -0.748 e. The average molecular weight is 681 g/mol. The highest BCUT2D eigenvalue weighted by molar-refractivity contribution is 7.85. The molecule has 1 atom stereocenters. The molecule has 0 spiro atoms. The van der Waals surface area contributed by atoms with Crippen molar-refractivity contribution in [1.29, 1.82) is 0 Å². The molecule has 0 fully saturated rings. The van der Waals surface area contributed by atoms with Gasteiger partial charge in [-0.05, 0) is 51.2 Å². The fraction of sp³-hybridized carbons (Fsp3) is 0.958. The quantitative estimate of drug-likeness (QED) is 0.0473. The van der Waals surface area contributed by atoms with Crippen molar-refractivity contribution in [2.24, 2.45) is 0 Å². The summed E-state index contributed by atoms with van der Waals surface area (Å²) in [5.74, 6) is -1.66. The molecule has 0 heterocycles. The molecule has 14 nitrogen and oxygen atoms in total. The molecule has 0 aliphatic heterocycles. The van der Waals surface area contributed by atoms with E-state index in [4.69, 9.17) is 32.7 Å². The summed E-state index contributed by atoms with van der Waals surface area (Å²) in [6, 6.07) is 0.877. The standard InChI is InChI=1S/C24H50NO13S2Si2/c1-42(2,38-41)23-7-11-25(9-3-5-21-39(28,29)30,10-4-6-22-40(31,32)33)12-14-35-16-18-37-20-19-36-17-15-34-13-8-24(26)27/h3-23H2,1-2H3,(H2-,26,27,28,29,30,31,32,33). The summed E-state index contributed by atoms with van der Waals surface area (Å²) in [5.41, 5.74) is 0. The lowest BCUT2D eigenvalue weighted by molar-refractivity contribution is -0.929. The van der Waals surface area contributed by atoms with Crippen LogP contribution in [-0.2, 0) is 48.1 Å². The van der Waals surface area contributed by atoms with E-state index in [0.717, 1.165) is 19.0 Å². The van der Waals surface area contributed by atoms with Crippen LogP contribution in [0.2, 0.25) is 19.1 Å². The molecule has 0 aromatic heterocycles. The number of ether oxygens (including phenoxy) is 4. The number of rotatable bonds is 30. The number of hydrogen-bond donors (Lipinski definition) is 2. The first kappa shape index (κ1) is 41.5. The minimum atomic E-state index is -4.30. The highest BCUT2D eigenvalue weighted by Crippen LogP contribution is 2.19. The largest absolute Gasteiger partial charge is 0.748 e. The molecule has 0 aliphatic carbocycles. The molecule has 0 saturated carbocycles. The molecule has 3 radical (unpaired) electrons. The third kappa shape index (κ3) is 27.1. The Hall–Kier alpha value is -0.516. The molecule has 2 N–H and O–H groups in total. The van der Waals surface area contributed by atoms with Crippen LogP contribution in [0, 0.1) is 0 Å². The second-order valence-corrected chi connectivity index (χ2v) is 18.7. The van der Waals surface area contributed by atoms with E-state index in [1.807, 2.05) is 0 Å². The predicted molar refractivity (Wildman–Crippen MR) is 158 cm³/mol. The molecule has 0 aromatic rings. The van der Waals surface area contributed by atoms with Gasteiger partial charge in [-0.15, -0.1) is 0 Å². The van der Waals surface area contributed by atoms with E-state index in [1.165, 1.54) is 0 Å². The van der Waals surface area contributed by atoms with Crippen molar-refractivity contribution in [3.8, 4) is 0 Å². The van der Waals surface area contributed by atoms with Crippen LogP contribution in [-0.4, -0.2) is 151 Å². The third-order valence-corrected chi connectivity index (χ3v) is 11.9. The minimum absolute atomic E-state index is 0.0469. The average Bonchev–Trinajstić information content (AvgIpc) is 2.88. The van der Waals surface area contributed by atoms with Crippen LogP contribution in [0.4, 0.5) is 0 Å². The zero-order chi connectivity index (χ0) is 32.0. The summed E-state index contributed by atoms with van der Waals surface area (Å²) in [4.78, 5) is 10.4.